The Kier molecular flexibility index (Phi) is 4.47. The second kappa shape index (κ2) is 6.70. The Morgan fingerprint density at radius 1 is 1.09 bits per heavy atom. The summed E-state index contributed by atoms with van der Waals surface area (Å²) in [4.78, 5) is 20.4. The fourth-order valence-corrected chi connectivity index (χ4v) is 2.87. The monoisotopic (exact) mass is 329 g/mol. The van der Waals surface area contributed by atoms with Gasteiger partial charge in [-0.05, 0) is 29.8 Å². The van der Waals surface area contributed by atoms with Crippen LogP contribution in [0.5, 0.6) is 11.5 Å². The molecular formula is C16H15N3O3S. The van der Waals surface area contributed by atoms with Crippen LogP contribution < -0.4 is 15.2 Å². The Morgan fingerprint density at radius 3 is 2.52 bits per heavy atom. The average molecular weight is 329 g/mol. The molecule has 7 heteroatoms. The number of hydrogen-bond acceptors (Lipinski definition) is 6. The molecule has 3 aromatic rings. The van der Waals surface area contributed by atoms with Crippen molar-refractivity contribution in [1.82, 2.24) is 14.4 Å². The summed E-state index contributed by atoms with van der Waals surface area (Å²) >= 11 is 1.39. The van der Waals surface area contributed by atoms with Crippen molar-refractivity contribution < 1.29 is 9.47 Å². The second-order valence-electron chi connectivity index (χ2n) is 4.73. The summed E-state index contributed by atoms with van der Waals surface area (Å²) in [5, 5.41) is 0.447. The van der Waals surface area contributed by atoms with Gasteiger partial charge in [0.1, 0.15) is 17.1 Å². The molecule has 23 heavy (non-hydrogen) atoms. The van der Waals surface area contributed by atoms with Crippen LogP contribution in [0.4, 0.5) is 0 Å². The number of benzene rings is 1. The zero-order valence-corrected chi connectivity index (χ0v) is 13.5. The molecule has 0 aliphatic heterocycles. The minimum absolute atomic E-state index is 0.332. The van der Waals surface area contributed by atoms with Crippen LogP contribution in [0.1, 0.15) is 5.56 Å². The molecule has 6 nitrogen and oxygen atoms in total. The van der Waals surface area contributed by atoms with Crippen molar-refractivity contribution >= 4 is 17.4 Å². The van der Waals surface area contributed by atoms with E-state index in [9.17, 15) is 4.79 Å². The fraction of sp³-hybridized carbons (Fsp3) is 0.188. The molecule has 0 spiro atoms. The highest BCUT2D eigenvalue weighted by molar-refractivity contribution is 7.98. The van der Waals surface area contributed by atoms with Gasteiger partial charge in [0.15, 0.2) is 5.16 Å². The van der Waals surface area contributed by atoms with E-state index in [1.165, 1.54) is 16.2 Å². The molecule has 0 amide bonds. The van der Waals surface area contributed by atoms with Gasteiger partial charge in [0.2, 0.25) is 0 Å². The Bertz CT molecular complexity index is 873. The quantitative estimate of drug-likeness (QED) is 0.670. The van der Waals surface area contributed by atoms with Gasteiger partial charge >= 0.3 is 5.69 Å². The van der Waals surface area contributed by atoms with Crippen molar-refractivity contribution in [2.75, 3.05) is 14.2 Å². The molecule has 1 aromatic carbocycles. The highest BCUT2D eigenvalue weighted by atomic mass is 32.2. The Balaban J connectivity index is 1.84. The average Bonchev–Trinajstić information content (AvgIpc) is 2.59. The summed E-state index contributed by atoms with van der Waals surface area (Å²) in [7, 11) is 3.22. The van der Waals surface area contributed by atoms with Crippen LogP contribution in [0.2, 0.25) is 0 Å². The van der Waals surface area contributed by atoms with Crippen LogP contribution in [-0.2, 0) is 5.75 Å². The maximum atomic E-state index is 12.0. The number of aromatic nitrogens is 3. The molecule has 2 aromatic heterocycles. The van der Waals surface area contributed by atoms with E-state index in [2.05, 4.69) is 9.97 Å². The van der Waals surface area contributed by atoms with Crippen molar-refractivity contribution in [3.63, 3.8) is 0 Å². The van der Waals surface area contributed by atoms with E-state index in [1.807, 2.05) is 24.3 Å². The first-order chi connectivity index (χ1) is 11.2. The van der Waals surface area contributed by atoms with Crippen molar-refractivity contribution in [3.8, 4) is 11.5 Å². The summed E-state index contributed by atoms with van der Waals surface area (Å²) in [6.07, 6.45) is 1.65. The van der Waals surface area contributed by atoms with Gasteiger partial charge in [-0.25, -0.2) is 9.78 Å². The van der Waals surface area contributed by atoms with Gasteiger partial charge in [-0.2, -0.15) is 4.98 Å². The molecule has 0 saturated carbocycles. The predicted molar refractivity (Wildman–Crippen MR) is 88.4 cm³/mol. The lowest BCUT2D eigenvalue weighted by molar-refractivity contribution is 0.393. The van der Waals surface area contributed by atoms with Crippen molar-refractivity contribution in [2.24, 2.45) is 0 Å². The normalized spacial score (nSPS) is 10.7. The maximum absolute atomic E-state index is 12.0. The van der Waals surface area contributed by atoms with Crippen molar-refractivity contribution in [3.05, 3.63) is 58.6 Å². The lowest BCUT2D eigenvalue weighted by atomic mass is 10.2. The molecule has 0 saturated heterocycles. The van der Waals surface area contributed by atoms with Crippen LogP contribution in [0.15, 0.2) is 52.5 Å². The number of rotatable bonds is 5. The SMILES string of the molecule is COc1cc(CSc2nc(=O)n3ccccc3n2)cc(OC)c1. The third-order valence-corrected chi connectivity index (χ3v) is 4.14. The number of nitrogens with zero attached hydrogens (tertiary/aromatic N) is 3. The van der Waals surface area contributed by atoms with E-state index < -0.39 is 0 Å². The molecule has 118 valence electrons. The number of pyridine rings is 1. The molecule has 0 N–H and O–H groups in total. The van der Waals surface area contributed by atoms with Crippen LogP contribution in [0, 0.1) is 0 Å². The van der Waals surface area contributed by atoms with Gasteiger partial charge in [0.25, 0.3) is 0 Å². The highest BCUT2D eigenvalue weighted by Crippen LogP contribution is 2.26. The van der Waals surface area contributed by atoms with Gasteiger partial charge in [0, 0.05) is 18.0 Å². The standard InChI is InChI=1S/C16H15N3O3S/c1-21-12-7-11(8-13(9-12)22-2)10-23-15-17-14-5-3-4-6-19(14)16(20)18-15/h3-9H,10H2,1-2H3. The van der Waals surface area contributed by atoms with Crippen LogP contribution in [0.25, 0.3) is 5.65 Å². The molecule has 0 aliphatic carbocycles. The first-order valence-corrected chi connectivity index (χ1v) is 7.88. The Hall–Kier alpha value is -2.54. The number of ether oxygens (including phenoxy) is 2. The molecule has 0 radical (unpaired) electrons. The molecule has 0 atom stereocenters. The molecule has 2 heterocycles. The number of fused-ring (bicyclic) bond motifs is 1. The molecule has 0 bridgehead atoms. The topological polar surface area (TPSA) is 65.7 Å². The van der Waals surface area contributed by atoms with Crippen molar-refractivity contribution in [2.45, 2.75) is 10.9 Å². The van der Waals surface area contributed by atoms with Crippen LogP contribution in [0.3, 0.4) is 0 Å². The summed E-state index contributed by atoms with van der Waals surface area (Å²) < 4.78 is 11.9. The van der Waals surface area contributed by atoms with Gasteiger partial charge in [-0.3, -0.25) is 4.40 Å². The molecule has 0 fully saturated rings. The highest BCUT2D eigenvalue weighted by Gasteiger charge is 2.07. The third kappa shape index (κ3) is 3.45. The van der Waals surface area contributed by atoms with Crippen molar-refractivity contribution in [1.29, 1.82) is 0 Å². The minimum Gasteiger partial charge on any atom is -0.497 e. The number of hydrogen-bond donors (Lipinski definition) is 0. The third-order valence-electron chi connectivity index (χ3n) is 3.23. The Morgan fingerprint density at radius 2 is 1.83 bits per heavy atom. The van der Waals surface area contributed by atoms with E-state index in [4.69, 9.17) is 9.47 Å². The summed E-state index contributed by atoms with van der Waals surface area (Å²) in [5.41, 5.74) is 1.25. The van der Waals surface area contributed by atoms with E-state index in [0.717, 1.165) is 17.1 Å². The molecule has 3 rings (SSSR count). The van der Waals surface area contributed by atoms with E-state index in [0.29, 0.717) is 16.6 Å². The second-order valence-corrected chi connectivity index (χ2v) is 5.67. The lowest BCUT2D eigenvalue weighted by Crippen LogP contribution is -2.18. The first kappa shape index (κ1) is 15.4. The Labute approximate surface area is 137 Å². The minimum atomic E-state index is -0.332. The first-order valence-electron chi connectivity index (χ1n) is 6.90. The van der Waals surface area contributed by atoms with Gasteiger partial charge in [-0.15, -0.1) is 0 Å². The maximum Gasteiger partial charge on any atom is 0.355 e. The molecule has 0 unspecified atom stereocenters. The van der Waals surface area contributed by atoms with Crippen LogP contribution in [-0.4, -0.2) is 28.6 Å². The van der Waals surface area contributed by atoms with E-state index in [-0.39, 0.29) is 5.69 Å². The predicted octanol–water partition coefficient (Wildman–Crippen LogP) is 2.40. The fourth-order valence-electron chi connectivity index (χ4n) is 2.11. The largest absolute Gasteiger partial charge is 0.497 e. The number of thioether (sulfide) groups is 1. The zero-order chi connectivity index (χ0) is 16.2. The van der Waals surface area contributed by atoms with Crippen LogP contribution >= 0.6 is 11.8 Å². The summed E-state index contributed by atoms with van der Waals surface area (Å²) in [5.74, 6) is 2.05. The van der Waals surface area contributed by atoms with E-state index in [1.54, 1.807) is 32.5 Å². The summed E-state index contributed by atoms with van der Waals surface area (Å²) in [6.45, 7) is 0. The number of methoxy groups -OCH3 is 2. The van der Waals surface area contributed by atoms with E-state index >= 15 is 0 Å². The zero-order valence-electron chi connectivity index (χ0n) is 12.7. The molecular weight excluding hydrogens is 314 g/mol. The summed E-state index contributed by atoms with van der Waals surface area (Å²) in [6, 6.07) is 11.0. The lowest BCUT2D eigenvalue weighted by Gasteiger charge is -2.08. The smallest absolute Gasteiger partial charge is 0.355 e. The van der Waals surface area contributed by atoms with Gasteiger partial charge in [-0.1, -0.05) is 17.8 Å². The van der Waals surface area contributed by atoms with Gasteiger partial charge < -0.3 is 9.47 Å². The van der Waals surface area contributed by atoms with Gasteiger partial charge in [0.05, 0.1) is 14.2 Å². The molecule has 0 aliphatic rings.